The first-order valence-electron chi connectivity index (χ1n) is 9.33. The lowest BCUT2D eigenvalue weighted by Crippen LogP contribution is -2.41. The van der Waals surface area contributed by atoms with Crippen LogP contribution in [0.25, 0.3) is 0 Å². The van der Waals surface area contributed by atoms with Crippen LogP contribution in [0.1, 0.15) is 44.8 Å². The number of hydrogen-bond acceptors (Lipinski definition) is 4. The largest absolute Gasteiger partial charge is 0.381 e. The van der Waals surface area contributed by atoms with Gasteiger partial charge in [0.2, 0.25) is 0 Å². The van der Waals surface area contributed by atoms with E-state index in [9.17, 15) is 0 Å². The highest BCUT2D eigenvalue weighted by Gasteiger charge is 2.27. The molecule has 3 rings (SSSR count). The number of hydrogen-bond donors (Lipinski definition) is 0. The van der Waals surface area contributed by atoms with Crippen molar-refractivity contribution >= 4 is 0 Å². The SMILES string of the molecule is CCN(CC)CCC1CN(CC2CCOCC2)Cc2cncn21. The smallest absolute Gasteiger partial charge is 0.0951 e. The minimum absolute atomic E-state index is 0.571. The van der Waals surface area contributed by atoms with Crippen molar-refractivity contribution in [3.63, 3.8) is 0 Å². The van der Waals surface area contributed by atoms with E-state index < -0.39 is 0 Å². The number of imidazole rings is 1. The van der Waals surface area contributed by atoms with Crippen LogP contribution in [0.15, 0.2) is 12.5 Å². The Balaban J connectivity index is 1.60. The predicted molar refractivity (Wildman–Crippen MR) is 92.5 cm³/mol. The first kappa shape index (κ1) is 16.9. The van der Waals surface area contributed by atoms with Gasteiger partial charge in [-0.1, -0.05) is 13.8 Å². The normalized spacial score (nSPS) is 23.3. The van der Waals surface area contributed by atoms with E-state index in [1.165, 1.54) is 44.6 Å². The Bertz CT molecular complexity index is 465. The molecule has 0 aromatic carbocycles. The van der Waals surface area contributed by atoms with E-state index in [1.54, 1.807) is 0 Å². The summed E-state index contributed by atoms with van der Waals surface area (Å²) in [6.45, 7) is 13.3. The van der Waals surface area contributed by atoms with E-state index >= 15 is 0 Å². The van der Waals surface area contributed by atoms with Gasteiger partial charge in [0.15, 0.2) is 0 Å². The molecule has 2 aliphatic rings. The number of aromatic nitrogens is 2. The molecule has 1 saturated heterocycles. The predicted octanol–water partition coefficient (Wildman–Crippen LogP) is 2.40. The Morgan fingerprint density at radius 2 is 2.04 bits per heavy atom. The zero-order chi connectivity index (χ0) is 16.1. The molecule has 23 heavy (non-hydrogen) atoms. The number of nitrogens with zero attached hydrogens (tertiary/aromatic N) is 4. The molecule has 1 fully saturated rings. The van der Waals surface area contributed by atoms with Crippen LogP contribution in [0, 0.1) is 5.92 Å². The van der Waals surface area contributed by atoms with Gasteiger partial charge in [-0.2, -0.15) is 0 Å². The summed E-state index contributed by atoms with van der Waals surface area (Å²) >= 11 is 0. The fraction of sp³-hybridized carbons (Fsp3) is 0.833. The Kier molecular flexibility index (Phi) is 6.08. The minimum Gasteiger partial charge on any atom is -0.381 e. The van der Waals surface area contributed by atoms with Crippen LogP contribution in [0.2, 0.25) is 0 Å². The van der Waals surface area contributed by atoms with E-state index in [0.717, 1.165) is 38.8 Å². The summed E-state index contributed by atoms with van der Waals surface area (Å²) in [4.78, 5) is 9.58. The van der Waals surface area contributed by atoms with Crippen molar-refractivity contribution in [1.29, 1.82) is 0 Å². The lowest BCUT2D eigenvalue weighted by atomic mass is 9.98. The van der Waals surface area contributed by atoms with Gasteiger partial charge in [-0.3, -0.25) is 4.90 Å². The lowest BCUT2D eigenvalue weighted by molar-refractivity contribution is 0.0447. The maximum Gasteiger partial charge on any atom is 0.0951 e. The van der Waals surface area contributed by atoms with Crippen molar-refractivity contribution in [3.8, 4) is 0 Å². The second-order valence-electron chi connectivity index (χ2n) is 7.01. The second kappa shape index (κ2) is 8.27. The van der Waals surface area contributed by atoms with E-state index in [-0.39, 0.29) is 0 Å². The Hall–Kier alpha value is -0.910. The lowest BCUT2D eigenvalue weighted by Gasteiger charge is -2.37. The molecule has 1 aromatic heterocycles. The van der Waals surface area contributed by atoms with Gasteiger partial charge in [-0.05, 0) is 38.3 Å². The van der Waals surface area contributed by atoms with E-state index in [4.69, 9.17) is 4.74 Å². The molecular weight excluding hydrogens is 288 g/mol. The Morgan fingerprint density at radius 1 is 1.26 bits per heavy atom. The molecular formula is C18H32N4O. The Labute approximate surface area is 140 Å². The van der Waals surface area contributed by atoms with Crippen LogP contribution in [0.5, 0.6) is 0 Å². The fourth-order valence-electron chi connectivity index (χ4n) is 4.00. The molecule has 1 atom stereocenters. The number of rotatable bonds is 7. The van der Waals surface area contributed by atoms with Gasteiger partial charge in [-0.25, -0.2) is 4.98 Å². The molecule has 5 heteroatoms. The quantitative estimate of drug-likeness (QED) is 0.772. The summed E-state index contributed by atoms with van der Waals surface area (Å²) in [7, 11) is 0. The van der Waals surface area contributed by atoms with Crippen molar-refractivity contribution in [1.82, 2.24) is 19.4 Å². The maximum atomic E-state index is 5.51. The summed E-state index contributed by atoms with van der Waals surface area (Å²) in [6.07, 6.45) is 7.75. The van der Waals surface area contributed by atoms with Crippen molar-refractivity contribution < 1.29 is 4.74 Å². The van der Waals surface area contributed by atoms with Crippen molar-refractivity contribution in [2.75, 3.05) is 45.9 Å². The molecule has 0 saturated carbocycles. The third-order valence-corrected chi connectivity index (χ3v) is 5.52. The highest BCUT2D eigenvalue weighted by atomic mass is 16.5. The monoisotopic (exact) mass is 320 g/mol. The average Bonchev–Trinajstić information content (AvgIpc) is 3.05. The van der Waals surface area contributed by atoms with Crippen LogP contribution in [0.4, 0.5) is 0 Å². The second-order valence-corrected chi connectivity index (χ2v) is 7.01. The zero-order valence-electron chi connectivity index (χ0n) is 14.8. The van der Waals surface area contributed by atoms with E-state index in [0.29, 0.717) is 6.04 Å². The van der Waals surface area contributed by atoms with Crippen molar-refractivity contribution in [2.45, 2.75) is 45.7 Å². The molecule has 0 radical (unpaired) electrons. The highest BCUT2D eigenvalue weighted by Crippen LogP contribution is 2.26. The van der Waals surface area contributed by atoms with Crippen LogP contribution >= 0.6 is 0 Å². The van der Waals surface area contributed by atoms with Crippen LogP contribution < -0.4 is 0 Å². The fourth-order valence-corrected chi connectivity index (χ4v) is 4.00. The van der Waals surface area contributed by atoms with Crippen LogP contribution in [-0.2, 0) is 11.3 Å². The van der Waals surface area contributed by atoms with Gasteiger partial charge < -0.3 is 14.2 Å². The van der Waals surface area contributed by atoms with Crippen LogP contribution in [0.3, 0.4) is 0 Å². The summed E-state index contributed by atoms with van der Waals surface area (Å²) in [5, 5.41) is 0. The molecule has 1 aromatic rings. The molecule has 0 aliphatic carbocycles. The first-order chi connectivity index (χ1) is 11.3. The average molecular weight is 320 g/mol. The third-order valence-electron chi connectivity index (χ3n) is 5.52. The van der Waals surface area contributed by atoms with E-state index in [2.05, 4.69) is 39.4 Å². The molecule has 2 aliphatic heterocycles. The molecule has 0 spiro atoms. The molecule has 1 unspecified atom stereocenters. The minimum atomic E-state index is 0.571. The molecule has 0 N–H and O–H groups in total. The van der Waals surface area contributed by atoms with Gasteiger partial charge in [0.25, 0.3) is 0 Å². The summed E-state index contributed by atoms with van der Waals surface area (Å²) in [5.41, 5.74) is 1.38. The van der Waals surface area contributed by atoms with Gasteiger partial charge in [0, 0.05) is 51.6 Å². The third kappa shape index (κ3) is 4.34. The summed E-state index contributed by atoms with van der Waals surface area (Å²) in [6, 6.07) is 0.571. The standard InChI is InChI=1S/C18H32N4O/c1-3-20(4-2)8-5-17-13-21(12-16-6-9-23-10-7-16)14-18-11-19-15-22(17)18/h11,15-17H,3-10,12-14H2,1-2H3. The maximum absolute atomic E-state index is 5.51. The first-order valence-corrected chi connectivity index (χ1v) is 9.33. The highest BCUT2D eigenvalue weighted by molar-refractivity contribution is 5.04. The van der Waals surface area contributed by atoms with Gasteiger partial charge >= 0.3 is 0 Å². The van der Waals surface area contributed by atoms with Gasteiger partial charge in [0.05, 0.1) is 12.0 Å². The molecule has 0 amide bonds. The van der Waals surface area contributed by atoms with Crippen LogP contribution in [-0.4, -0.2) is 65.3 Å². The Morgan fingerprint density at radius 3 is 2.78 bits per heavy atom. The number of ether oxygens (including phenoxy) is 1. The van der Waals surface area contributed by atoms with Crippen molar-refractivity contribution in [2.24, 2.45) is 5.92 Å². The van der Waals surface area contributed by atoms with E-state index in [1.807, 2.05) is 6.33 Å². The van der Waals surface area contributed by atoms with Gasteiger partial charge in [-0.15, -0.1) is 0 Å². The topological polar surface area (TPSA) is 33.5 Å². The number of fused-ring (bicyclic) bond motifs is 1. The molecule has 130 valence electrons. The van der Waals surface area contributed by atoms with Crippen molar-refractivity contribution in [3.05, 3.63) is 18.2 Å². The molecule has 0 bridgehead atoms. The zero-order valence-corrected chi connectivity index (χ0v) is 14.8. The molecule has 3 heterocycles. The van der Waals surface area contributed by atoms with Gasteiger partial charge in [0.1, 0.15) is 0 Å². The summed E-state index contributed by atoms with van der Waals surface area (Å²) < 4.78 is 7.93. The molecule has 5 nitrogen and oxygen atoms in total. The summed E-state index contributed by atoms with van der Waals surface area (Å²) in [5.74, 6) is 0.807.